The Balaban J connectivity index is 2.29. The summed E-state index contributed by atoms with van der Waals surface area (Å²) in [6.45, 7) is 1.70. The number of ether oxygens (including phenoxy) is 1. The number of esters is 1. The van der Waals surface area contributed by atoms with Crippen molar-refractivity contribution in [2.45, 2.75) is 13.0 Å². The molecule has 1 unspecified atom stereocenters. The molecule has 0 aromatic heterocycles. The van der Waals surface area contributed by atoms with Crippen molar-refractivity contribution in [1.82, 2.24) is 0 Å². The molecule has 1 aliphatic rings. The minimum Gasteiger partial charge on any atom is -0.406 e. The minimum atomic E-state index is -0.402. The van der Waals surface area contributed by atoms with Gasteiger partial charge in [-0.2, -0.15) is 0 Å². The van der Waals surface area contributed by atoms with Crippen LogP contribution in [0.3, 0.4) is 0 Å². The molecule has 1 heterocycles. The van der Waals surface area contributed by atoms with Crippen molar-refractivity contribution in [1.29, 1.82) is 0 Å². The van der Waals surface area contributed by atoms with Crippen molar-refractivity contribution in [2.75, 3.05) is 0 Å². The zero-order valence-corrected chi connectivity index (χ0v) is 8.28. The van der Waals surface area contributed by atoms with Gasteiger partial charge in [0.15, 0.2) is 0 Å². The third-order valence-electron chi connectivity index (χ3n) is 1.94. The summed E-state index contributed by atoms with van der Waals surface area (Å²) in [5.74, 6) is 0.0640. The first-order valence-corrected chi connectivity index (χ1v) is 4.60. The molecular weight excluding hydrogens is 202 g/mol. The van der Waals surface area contributed by atoms with E-state index < -0.39 is 6.04 Å². The van der Waals surface area contributed by atoms with E-state index in [9.17, 15) is 4.79 Å². The van der Waals surface area contributed by atoms with Gasteiger partial charge in [-0.05, 0) is 31.2 Å². The number of aliphatic imine (C=N–C) groups is 1. The van der Waals surface area contributed by atoms with Gasteiger partial charge in [-0.25, -0.2) is 9.79 Å². The molecule has 0 bridgehead atoms. The first kappa shape index (κ1) is 9.21. The number of halogens is 1. The fourth-order valence-electron chi connectivity index (χ4n) is 1.16. The second-order valence-electron chi connectivity index (χ2n) is 3.04. The normalized spacial score (nSPS) is 20.6. The number of cyclic esters (lactones) is 1. The van der Waals surface area contributed by atoms with Crippen molar-refractivity contribution < 1.29 is 9.53 Å². The van der Waals surface area contributed by atoms with Crippen molar-refractivity contribution >= 4 is 23.5 Å². The van der Waals surface area contributed by atoms with E-state index in [-0.39, 0.29) is 5.97 Å². The molecule has 0 spiro atoms. The summed E-state index contributed by atoms with van der Waals surface area (Å²) in [7, 11) is 0. The molecule has 0 amide bonds. The molecule has 14 heavy (non-hydrogen) atoms. The molecular formula is C10H8ClNO2. The Labute approximate surface area is 86.4 Å². The summed E-state index contributed by atoms with van der Waals surface area (Å²) in [5, 5.41) is 0.645. The highest BCUT2D eigenvalue weighted by Gasteiger charge is 2.25. The lowest BCUT2D eigenvalue weighted by Gasteiger charge is -1.98. The Morgan fingerprint density at radius 2 is 2.00 bits per heavy atom. The fourth-order valence-corrected chi connectivity index (χ4v) is 1.29. The maximum Gasteiger partial charge on any atom is 0.337 e. The van der Waals surface area contributed by atoms with Crippen LogP contribution in [0.2, 0.25) is 5.02 Å². The molecule has 1 atom stereocenters. The van der Waals surface area contributed by atoms with Crippen LogP contribution < -0.4 is 0 Å². The van der Waals surface area contributed by atoms with Gasteiger partial charge in [-0.1, -0.05) is 11.6 Å². The highest BCUT2D eigenvalue weighted by Crippen LogP contribution is 2.15. The van der Waals surface area contributed by atoms with Crippen LogP contribution in [0, 0.1) is 0 Å². The number of benzene rings is 1. The van der Waals surface area contributed by atoms with E-state index in [1.807, 2.05) is 0 Å². The summed E-state index contributed by atoms with van der Waals surface area (Å²) in [6, 6.07) is 6.60. The Hall–Kier alpha value is -1.35. The molecule has 0 saturated heterocycles. The highest BCUT2D eigenvalue weighted by molar-refractivity contribution is 6.30. The van der Waals surface area contributed by atoms with Crippen molar-refractivity contribution in [3.8, 4) is 0 Å². The maximum absolute atomic E-state index is 11.1. The van der Waals surface area contributed by atoms with E-state index in [1.165, 1.54) is 0 Å². The molecule has 1 aliphatic heterocycles. The smallest absolute Gasteiger partial charge is 0.337 e. The van der Waals surface area contributed by atoms with Gasteiger partial charge in [-0.15, -0.1) is 0 Å². The summed E-state index contributed by atoms with van der Waals surface area (Å²) >= 11 is 5.73. The SMILES string of the molecule is CC1N=C(c2ccc(Cl)cc2)OC1=O. The van der Waals surface area contributed by atoms with Gasteiger partial charge in [0, 0.05) is 10.6 Å². The van der Waals surface area contributed by atoms with Gasteiger partial charge < -0.3 is 4.74 Å². The molecule has 0 saturated carbocycles. The molecule has 4 heteroatoms. The Morgan fingerprint density at radius 1 is 1.36 bits per heavy atom. The summed E-state index contributed by atoms with van der Waals surface area (Å²) in [5.41, 5.74) is 0.770. The topological polar surface area (TPSA) is 38.7 Å². The first-order chi connectivity index (χ1) is 6.66. The molecule has 3 nitrogen and oxygen atoms in total. The Morgan fingerprint density at radius 3 is 2.50 bits per heavy atom. The van der Waals surface area contributed by atoms with Crippen LogP contribution in [-0.4, -0.2) is 17.9 Å². The van der Waals surface area contributed by atoms with Gasteiger partial charge in [0.05, 0.1) is 0 Å². The number of hydrogen-bond donors (Lipinski definition) is 0. The lowest BCUT2D eigenvalue weighted by Crippen LogP contribution is -2.10. The number of carbonyl (C=O) groups is 1. The summed E-state index contributed by atoms with van der Waals surface area (Å²) in [6.07, 6.45) is 0. The number of hydrogen-bond acceptors (Lipinski definition) is 3. The largest absolute Gasteiger partial charge is 0.406 e. The third-order valence-corrected chi connectivity index (χ3v) is 2.19. The first-order valence-electron chi connectivity index (χ1n) is 4.22. The molecule has 0 aliphatic carbocycles. The summed E-state index contributed by atoms with van der Waals surface area (Å²) < 4.78 is 4.97. The molecule has 0 N–H and O–H groups in total. The van der Waals surface area contributed by atoms with E-state index in [0.29, 0.717) is 10.9 Å². The van der Waals surface area contributed by atoms with Gasteiger partial charge in [-0.3, -0.25) is 0 Å². The zero-order valence-electron chi connectivity index (χ0n) is 7.53. The predicted molar refractivity (Wildman–Crippen MR) is 53.5 cm³/mol. The van der Waals surface area contributed by atoms with Crippen LogP contribution in [0.1, 0.15) is 12.5 Å². The third kappa shape index (κ3) is 1.63. The molecule has 0 radical (unpaired) electrons. The molecule has 1 aromatic carbocycles. The second kappa shape index (κ2) is 3.42. The number of rotatable bonds is 1. The van der Waals surface area contributed by atoms with Gasteiger partial charge in [0.1, 0.15) is 6.04 Å². The van der Waals surface area contributed by atoms with E-state index >= 15 is 0 Å². The van der Waals surface area contributed by atoms with Crippen molar-refractivity contribution in [2.24, 2.45) is 4.99 Å². The van der Waals surface area contributed by atoms with Gasteiger partial charge >= 0.3 is 5.97 Å². The van der Waals surface area contributed by atoms with Crippen LogP contribution in [0.25, 0.3) is 0 Å². The summed E-state index contributed by atoms with van der Waals surface area (Å²) in [4.78, 5) is 15.1. The van der Waals surface area contributed by atoms with E-state index in [0.717, 1.165) is 5.56 Å². The van der Waals surface area contributed by atoms with Crippen LogP contribution in [0.15, 0.2) is 29.3 Å². The average Bonchev–Trinajstić information content (AvgIpc) is 2.48. The average molecular weight is 210 g/mol. The van der Waals surface area contributed by atoms with Crippen molar-refractivity contribution in [3.63, 3.8) is 0 Å². The standard InChI is InChI=1S/C10H8ClNO2/c1-6-10(13)14-9(12-6)7-2-4-8(11)5-3-7/h2-6H,1H3. The van der Waals surface area contributed by atoms with E-state index in [1.54, 1.807) is 31.2 Å². The minimum absolute atomic E-state index is 0.310. The highest BCUT2D eigenvalue weighted by atomic mass is 35.5. The van der Waals surface area contributed by atoms with E-state index in [4.69, 9.17) is 16.3 Å². The van der Waals surface area contributed by atoms with E-state index in [2.05, 4.69) is 4.99 Å². The van der Waals surface area contributed by atoms with Crippen LogP contribution in [0.5, 0.6) is 0 Å². The molecule has 1 aromatic rings. The second-order valence-corrected chi connectivity index (χ2v) is 3.47. The lowest BCUT2D eigenvalue weighted by molar-refractivity contribution is -0.134. The maximum atomic E-state index is 11.1. The molecule has 72 valence electrons. The Bertz CT molecular complexity index is 397. The van der Waals surface area contributed by atoms with Crippen LogP contribution >= 0.6 is 11.6 Å². The Kier molecular flexibility index (Phi) is 2.25. The number of nitrogens with zero attached hydrogens (tertiary/aromatic N) is 1. The lowest BCUT2D eigenvalue weighted by atomic mass is 10.2. The van der Waals surface area contributed by atoms with Gasteiger partial charge in [0.25, 0.3) is 0 Å². The van der Waals surface area contributed by atoms with Crippen molar-refractivity contribution in [3.05, 3.63) is 34.9 Å². The van der Waals surface area contributed by atoms with Gasteiger partial charge in [0.2, 0.25) is 5.90 Å². The number of carbonyl (C=O) groups excluding carboxylic acids is 1. The molecule has 2 rings (SSSR count). The zero-order chi connectivity index (χ0) is 10.1. The molecule has 0 fully saturated rings. The quantitative estimate of drug-likeness (QED) is 0.664. The fraction of sp³-hybridized carbons (Fsp3) is 0.200. The predicted octanol–water partition coefficient (Wildman–Crippen LogP) is 2.03. The van der Waals surface area contributed by atoms with Crippen LogP contribution in [-0.2, 0) is 9.53 Å². The van der Waals surface area contributed by atoms with Crippen LogP contribution in [0.4, 0.5) is 0 Å². The monoisotopic (exact) mass is 209 g/mol.